The average molecular weight is 322 g/mol. The van der Waals surface area contributed by atoms with Crippen molar-refractivity contribution < 1.29 is 14.3 Å². The van der Waals surface area contributed by atoms with E-state index in [0.29, 0.717) is 0 Å². The number of nitrogens with two attached hydrogens (primary N) is 1. The molecule has 7 nitrogen and oxygen atoms in total. The first-order valence-electron chi connectivity index (χ1n) is 6.32. The Kier molecular flexibility index (Phi) is 7.11. The predicted molar refractivity (Wildman–Crippen MR) is 88.0 cm³/mol. The lowest BCUT2D eigenvalue weighted by Crippen LogP contribution is -2.18. The van der Waals surface area contributed by atoms with Crippen LogP contribution in [0.2, 0.25) is 0 Å². The number of ether oxygens (including phenoxy) is 1. The van der Waals surface area contributed by atoms with Gasteiger partial charge in [-0.25, -0.2) is 9.79 Å². The molecule has 0 spiro atoms. The van der Waals surface area contributed by atoms with E-state index < -0.39 is 17.3 Å². The summed E-state index contributed by atoms with van der Waals surface area (Å²) in [6, 6.07) is 8.62. The molecule has 0 aliphatic rings. The summed E-state index contributed by atoms with van der Waals surface area (Å²) in [6.45, 7) is 0. The van der Waals surface area contributed by atoms with Crippen molar-refractivity contribution in [2.75, 3.05) is 21.2 Å². The van der Waals surface area contributed by atoms with Crippen molar-refractivity contribution in [1.82, 2.24) is 4.90 Å². The maximum Gasteiger partial charge on any atom is 0.344 e. The zero-order valence-electron chi connectivity index (χ0n) is 12.6. The van der Waals surface area contributed by atoms with Crippen molar-refractivity contribution in [1.29, 1.82) is 0 Å². The summed E-state index contributed by atoms with van der Waals surface area (Å²) in [4.78, 5) is 31.8. The van der Waals surface area contributed by atoms with E-state index in [0.717, 1.165) is 23.7 Å². The minimum atomic E-state index is -0.632. The number of methoxy groups -OCH3 is 1. The monoisotopic (exact) mass is 322 g/mol. The number of hydrogen-bond acceptors (Lipinski definition) is 4. The number of amides is 2. The molecular formula is C14H18N4O3S. The van der Waals surface area contributed by atoms with Gasteiger partial charge in [-0.15, -0.1) is 0 Å². The zero-order chi connectivity index (χ0) is 16.5. The second-order valence-corrected chi connectivity index (χ2v) is 5.45. The molecule has 0 aliphatic heterocycles. The second-order valence-electron chi connectivity index (χ2n) is 4.32. The molecule has 0 heterocycles. The molecule has 1 aromatic rings. The molecule has 8 heteroatoms. The van der Waals surface area contributed by atoms with Crippen LogP contribution in [-0.2, 0) is 9.53 Å². The third kappa shape index (κ3) is 5.57. The van der Waals surface area contributed by atoms with Gasteiger partial charge >= 0.3 is 12.0 Å². The van der Waals surface area contributed by atoms with E-state index in [1.807, 2.05) is 18.2 Å². The Hall–Kier alpha value is -2.35. The fourth-order valence-electron chi connectivity index (χ4n) is 1.39. The molecular weight excluding hydrogens is 304 g/mol. The van der Waals surface area contributed by atoms with Crippen LogP contribution in [0.5, 0.6) is 0 Å². The largest absolute Gasteiger partial charge is 0.468 e. The van der Waals surface area contributed by atoms with Crippen molar-refractivity contribution in [2.45, 2.75) is 5.25 Å². The predicted octanol–water partition coefficient (Wildman–Crippen LogP) is 1.66. The van der Waals surface area contributed by atoms with Gasteiger partial charge in [0.2, 0.25) is 0 Å². The number of amidine groups is 1. The van der Waals surface area contributed by atoms with E-state index in [4.69, 9.17) is 10.5 Å². The van der Waals surface area contributed by atoms with E-state index in [1.165, 1.54) is 12.0 Å². The smallest absolute Gasteiger partial charge is 0.344 e. The van der Waals surface area contributed by atoms with Crippen molar-refractivity contribution in [3.8, 4) is 0 Å². The van der Waals surface area contributed by atoms with Crippen molar-refractivity contribution >= 4 is 35.3 Å². The van der Waals surface area contributed by atoms with Crippen LogP contribution in [0.15, 0.2) is 40.3 Å². The Labute approximate surface area is 133 Å². The van der Waals surface area contributed by atoms with E-state index >= 15 is 0 Å². The normalized spacial score (nSPS) is 13.0. The number of esters is 1. The number of nitrogens with zero attached hydrogens (tertiary/aromatic N) is 3. The molecule has 0 fully saturated rings. The minimum Gasteiger partial charge on any atom is -0.468 e. The third-order valence-electron chi connectivity index (χ3n) is 2.49. The van der Waals surface area contributed by atoms with Gasteiger partial charge in [-0.3, -0.25) is 4.79 Å². The van der Waals surface area contributed by atoms with Gasteiger partial charge in [0, 0.05) is 14.1 Å². The van der Waals surface area contributed by atoms with Gasteiger partial charge in [0.25, 0.3) is 0 Å². The summed E-state index contributed by atoms with van der Waals surface area (Å²) in [7, 11) is 4.46. The fourth-order valence-corrected chi connectivity index (χ4v) is 2.22. The first-order chi connectivity index (χ1) is 10.5. The molecule has 118 valence electrons. The Morgan fingerprint density at radius 1 is 1.32 bits per heavy atom. The number of rotatable bonds is 4. The van der Waals surface area contributed by atoms with Gasteiger partial charge in [0.1, 0.15) is 11.6 Å². The summed E-state index contributed by atoms with van der Waals surface area (Å²) < 4.78 is 4.78. The molecule has 0 bridgehead atoms. The molecule has 2 amide bonds. The highest BCUT2D eigenvalue weighted by atomic mass is 32.2. The lowest BCUT2D eigenvalue weighted by molar-refractivity contribution is -0.140. The topological polar surface area (TPSA) is 97.4 Å². The summed E-state index contributed by atoms with van der Waals surface area (Å²) in [6.07, 6.45) is 1.06. The first-order valence-corrected chi connectivity index (χ1v) is 7.20. The molecule has 1 rings (SSSR count). The molecule has 0 saturated carbocycles. The number of carbonyl (C=O) groups is 2. The molecule has 0 aliphatic carbocycles. The van der Waals surface area contributed by atoms with Crippen molar-refractivity contribution in [2.24, 2.45) is 15.7 Å². The number of hydrogen-bond donors (Lipinski definition) is 1. The van der Waals surface area contributed by atoms with Crippen LogP contribution in [0, 0.1) is 0 Å². The Bertz CT molecular complexity index is 573. The van der Waals surface area contributed by atoms with Crippen molar-refractivity contribution in [3.63, 3.8) is 0 Å². The van der Waals surface area contributed by atoms with Crippen molar-refractivity contribution in [3.05, 3.63) is 35.9 Å². The van der Waals surface area contributed by atoms with Crippen LogP contribution in [0.3, 0.4) is 0 Å². The van der Waals surface area contributed by atoms with Gasteiger partial charge in [0.05, 0.1) is 7.11 Å². The highest BCUT2D eigenvalue weighted by Gasteiger charge is 2.23. The Balaban J connectivity index is 2.82. The number of benzene rings is 1. The standard InChI is InChI=1S/C14H18N4O3S/c1-18(2)14(20)17-9-16-13(15)22-11(12(19)21-3)10-7-5-4-6-8-10/h4-9,11H,1-3H3,(H2,15,16,17,20). The summed E-state index contributed by atoms with van der Waals surface area (Å²) in [5.74, 6) is -0.435. The van der Waals surface area contributed by atoms with E-state index in [1.54, 1.807) is 26.2 Å². The van der Waals surface area contributed by atoms with Gasteiger partial charge in [-0.05, 0) is 5.56 Å². The highest BCUT2D eigenvalue weighted by Crippen LogP contribution is 2.29. The van der Waals surface area contributed by atoms with Crippen LogP contribution in [0.1, 0.15) is 10.8 Å². The summed E-state index contributed by atoms with van der Waals surface area (Å²) in [5.41, 5.74) is 6.50. The molecule has 22 heavy (non-hydrogen) atoms. The summed E-state index contributed by atoms with van der Waals surface area (Å²) in [5, 5.41) is -0.526. The van der Waals surface area contributed by atoms with E-state index in [-0.39, 0.29) is 5.17 Å². The molecule has 1 unspecified atom stereocenters. The maximum atomic E-state index is 11.9. The molecule has 1 aromatic carbocycles. The van der Waals surface area contributed by atoms with Crippen LogP contribution < -0.4 is 5.73 Å². The molecule has 0 aromatic heterocycles. The zero-order valence-corrected chi connectivity index (χ0v) is 13.4. The number of aliphatic imine (C=N–C) groups is 2. The SMILES string of the molecule is COC(=O)C(SC(N)=N/C=N/C(=O)N(C)C)c1ccccc1. The molecule has 2 N–H and O–H groups in total. The lowest BCUT2D eigenvalue weighted by atomic mass is 10.1. The highest BCUT2D eigenvalue weighted by molar-refractivity contribution is 8.14. The van der Waals surface area contributed by atoms with Gasteiger partial charge in [-0.2, -0.15) is 4.99 Å². The number of carbonyl (C=O) groups excluding carboxylic acids is 2. The van der Waals surface area contributed by atoms with Gasteiger partial charge in [0.15, 0.2) is 5.17 Å². The number of thioether (sulfide) groups is 1. The van der Waals surface area contributed by atoms with E-state index in [9.17, 15) is 9.59 Å². The molecule has 0 saturated heterocycles. The van der Waals surface area contributed by atoms with Crippen LogP contribution >= 0.6 is 11.8 Å². The first kappa shape index (κ1) is 17.7. The van der Waals surface area contributed by atoms with E-state index in [2.05, 4.69) is 9.98 Å². The van der Waals surface area contributed by atoms with Crippen LogP contribution in [-0.4, -0.2) is 49.6 Å². The van der Waals surface area contributed by atoms with Gasteiger partial charge < -0.3 is 15.4 Å². The minimum absolute atomic E-state index is 0.106. The molecule has 1 atom stereocenters. The third-order valence-corrected chi connectivity index (χ3v) is 3.54. The Morgan fingerprint density at radius 3 is 2.50 bits per heavy atom. The van der Waals surface area contributed by atoms with Gasteiger partial charge in [-0.1, -0.05) is 42.1 Å². The molecule has 0 radical (unpaired) electrons. The number of urea groups is 1. The second kappa shape index (κ2) is 8.83. The van der Waals surface area contributed by atoms with Crippen LogP contribution in [0.4, 0.5) is 4.79 Å². The maximum absolute atomic E-state index is 11.9. The average Bonchev–Trinajstić information content (AvgIpc) is 2.52. The Morgan fingerprint density at radius 2 is 1.95 bits per heavy atom. The van der Waals surface area contributed by atoms with Crippen LogP contribution in [0.25, 0.3) is 0 Å². The lowest BCUT2D eigenvalue weighted by Gasteiger charge is -2.13. The fraction of sp³-hybridized carbons (Fsp3) is 0.286. The summed E-state index contributed by atoms with van der Waals surface area (Å²) >= 11 is 1.03. The quantitative estimate of drug-likeness (QED) is 0.516.